The summed E-state index contributed by atoms with van der Waals surface area (Å²) >= 11 is 0. The van der Waals surface area contributed by atoms with Crippen LogP contribution in [-0.4, -0.2) is 22.1 Å². The van der Waals surface area contributed by atoms with Crippen molar-refractivity contribution in [2.75, 3.05) is 7.11 Å². The molecule has 15 heavy (non-hydrogen) atoms. The lowest BCUT2D eigenvalue weighted by Gasteiger charge is -2.11. The third-order valence-corrected chi connectivity index (χ3v) is 2.20. The highest BCUT2D eigenvalue weighted by Crippen LogP contribution is 2.23. The predicted octanol–water partition coefficient (Wildman–Crippen LogP) is 0.735. The van der Waals surface area contributed by atoms with E-state index in [1.807, 2.05) is 18.2 Å². The molecule has 5 nitrogen and oxygen atoms in total. The minimum Gasteiger partial charge on any atom is -0.496 e. The van der Waals surface area contributed by atoms with E-state index in [-0.39, 0.29) is 0 Å². The van der Waals surface area contributed by atoms with Gasteiger partial charge in [-0.05, 0) is 12.1 Å². The van der Waals surface area contributed by atoms with Crippen LogP contribution in [0.4, 0.5) is 0 Å². The van der Waals surface area contributed by atoms with E-state index >= 15 is 0 Å². The van der Waals surface area contributed by atoms with E-state index < -0.39 is 0 Å². The summed E-state index contributed by atoms with van der Waals surface area (Å²) in [6.45, 7) is 0.402. The van der Waals surface area contributed by atoms with Crippen LogP contribution in [0, 0.1) is 0 Å². The van der Waals surface area contributed by atoms with Crippen molar-refractivity contribution in [3.8, 4) is 11.4 Å². The smallest absolute Gasteiger partial charge is 0.125 e. The highest BCUT2D eigenvalue weighted by atomic mass is 16.5. The number of aromatic nitrogens is 3. The van der Waals surface area contributed by atoms with Crippen LogP contribution < -0.4 is 10.5 Å². The van der Waals surface area contributed by atoms with Crippen LogP contribution in [0.5, 0.6) is 5.75 Å². The SMILES string of the molecule is COc1cccc(-n2ccnn2)c1CN. The number of hydrogen-bond donors (Lipinski definition) is 1. The molecule has 5 heteroatoms. The maximum absolute atomic E-state index is 5.69. The molecule has 0 bridgehead atoms. The van der Waals surface area contributed by atoms with Crippen LogP contribution in [0.2, 0.25) is 0 Å². The number of rotatable bonds is 3. The van der Waals surface area contributed by atoms with Gasteiger partial charge in [0.2, 0.25) is 0 Å². The molecule has 0 saturated heterocycles. The van der Waals surface area contributed by atoms with Crippen molar-refractivity contribution < 1.29 is 4.74 Å². The molecular formula is C10H12N4O. The third kappa shape index (κ3) is 1.69. The molecule has 2 aromatic rings. The fraction of sp³-hybridized carbons (Fsp3) is 0.200. The van der Waals surface area contributed by atoms with Gasteiger partial charge in [-0.2, -0.15) is 0 Å². The van der Waals surface area contributed by atoms with Gasteiger partial charge in [-0.15, -0.1) is 5.10 Å². The standard InChI is InChI=1S/C10H12N4O/c1-15-10-4-2-3-9(8(10)7-11)14-6-5-12-13-14/h2-6H,7,11H2,1H3. The summed E-state index contributed by atoms with van der Waals surface area (Å²) in [5.41, 5.74) is 7.51. The summed E-state index contributed by atoms with van der Waals surface area (Å²) in [5.74, 6) is 0.769. The van der Waals surface area contributed by atoms with E-state index in [9.17, 15) is 0 Å². The van der Waals surface area contributed by atoms with E-state index in [0.717, 1.165) is 17.0 Å². The summed E-state index contributed by atoms with van der Waals surface area (Å²) in [5, 5.41) is 7.69. The minimum absolute atomic E-state index is 0.402. The van der Waals surface area contributed by atoms with Gasteiger partial charge in [0.05, 0.1) is 25.2 Å². The molecule has 2 N–H and O–H groups in total. The molecule has 78 valence electrons. The highest BCUT2D eigenvalue weighted by Gasteiger charge is 2.08. The Morgan fingerprint density at radius 2 is 2.33 bits per heavy atom. The normalized spacial score (nSPS) is 10.3. The van der Waals surface area contributed by atoms with Crippen molar-refractivity contribution in [2.24, 2.45) is 5.73 Å². The van der Waals surface area contributed by atoms with Crippen LogP contribution in [0.15, 0.2) is 30.6 Å². The molecule has 1 aromatic heterocycles. The van der Waals surface area contributed by atoms with Gasteiger partial charge in [0.15, 0.2) is 0 Å². The van der Waals surface area contributed by atoms with Gasteiger partial charge >= 0.3 is 0 Å². The predicted molar refractivity (Wildman–Crippen MR) is 55.8 cm³/mol. The summed E-state index contributed by atoms with van der Waals surface area (Å²) in [4.78, 5) is 0. The molecule has 2 rings (SSSR count). The number of nitrogens with two attached hydrogens (primary N) is 1. The number of nitrogens with zero attached hydrogens (tertiary/aromatic N) is 3. The third-order valence-electron chi connectivity index (χ3n) is 2.20. The summed E-state index contributed by atoms with van der Waals surface area (Å²) in [6, 6.07) is 5.71. The van der Waals surface area contributed by atoms with Gasteiger partial charge in [0, 0.05) is 12.1 Å². The second kappa shape index (κ2) is 4.10. The summed E-state index contributed by atoms with van der Waals surface area (Å²) in [7, 11) is 1.62. The van der Waals surface area contributed by atoms with Crippen molar-refractivity contribution in [2.45, 2.75) is 6.54 Å². The van der Waals surface area contributed by atoms with Crippen molar-refractivity contribution in [1.29, 1.82) is 0 Å². The summed E-state index contributed by atoms with van der Waals surface area (Å²) < 4.78 is 6.90. The van der Waals surface area contributed by atoms with Crippen LogP contribution in [0.25, 0.3) is 5.69 Å². The van der Waals surface area contributed by atoms with Gasteiger partial charge in [0.1, 0.15) is 5.75 Å². The molecule has 1 heterocycles. The number of hydrogen-bond acceptors (Lipinski definition) is 4. The Morgan fingerprint density at radius 1 is 1.47 bits per heavy atom. The zero-order valence-corrected chi connectivity index (χ0v) is 8.42. The molecule has 0 fully saturated rings. The number of methoxy groups -OCH3 is 1. The van der Waals surface area contributed by atoms with Crippen LogP contribution in [0.3, 0.4) is 0 Å². The first kappa shape index (κ1) is 9.67. The average molecular weight is 204 g/mol. The highest BCUT2D eigenvalue weighted by molar-refractivity contribution is 5.49. The van der Waals surface area contributed by atoms with Gasteiger partial charge in [-0.1, -0.05) is 11.3 Å². The Hall–Kier alpha value is -1.88. The molecule has 0 aliphatic heterocycles. The van der Waals surface area contributed by atoms with Gasteiger partial charge < -0.3 is 10.5 Å². The zero-order valence-electron chi connectivity index (χ0n) is 8.42. The monoisotopic (exact) mass is 204 g/mol. The van der Waals surface area contributed by atoms with Crippen molar-refractivity contribution in [1.82, 2.24) is 15.0 Å². The largest absolute Gasteiger partial charge is 0.496 e. The first-order valence-electron chi connectivity index (χ1n) is 4.59. The number of benzene rings is 1. The van der Waals surface area contributed by atoms with E-state index in [4.69, 9.17) is 10.5 Å². The average Bonchev–Trinajstić information content (AvgIpc) is 2.81. The fourth-order valence-electron chi connectivity index (χ4n) is 1.50. The first-order valence-corrected chi connectivity index (χ1v) is 4.59. The van der Waals surface area contributed by atoms with Gasteiger partial charge in [-0.25, -0.2) is 4.68 Å². The molecule has 0 atom stereocenters. The van der Waals surface area contributed by atoms with E-state index in [0.29, 0.717) is 6.54 Å². The Labute approximate surface area is 87.5 Å². The Balaban J connectivity index is 2.56. The molecule has 0 spiro atoms. The molecule has 1 aromatic carbocycles. The van der Waals surface area contributed by atoms with Crippen LogP contribution in [0.1, 0.15) is 5.56 Å². The second-order valence-corrected chi connectivity index (χ2v) is 3.01. The quantitative estimate of drug-likeness (QED) is 0.800. The van der Waals surface area contributed by atoms with Crippen molar-refractivity contribution >= 4 is 0 Å². The molecular weight excluding hydrogens is 192 g/mol. The van der Waals surface area contributed by atoms with Crippen LogP contribution in [-0.2, 0) is 6.54 Å². The molecule has 0 saturated carbocycles. The Bertz CT molecular complexity index is 439. The number of ether oxygens (including phenoxy) is 1. The maximum Gasteiger partial charge on any atom is 0.125 e. The molecule has 0 amide bonds. The maximum atomic E-state index is 5.69. The first-order chi connectivity index (χ1) is 7.36. The van der Waals surface area contributed by atoms with Crippen molar-refractivity contribution in [3.63, 3.8) is 0 Å². The lowest BCUT2D eigenvalue weighted by molar-refractivity contribution is 0.409. The second-order valence-electron chi connectivity index (χ2n) is 3.01. The Morgan fingerprint density at radius 3 is 2.93 bits per heavy atom. The topological polar surface area (TPSA) is 66.0 Å². The van der Waals surface area contributed by atoms with Gasteiger partial charge in [0.25, 0.3) is 0 Å². The lowest BCUT2D eigenvalue weighted by atomic mass is 10.1. The van der Waals surface area contributed by atoms with E-state index in [2.05, 4.69) is 10.3 Å². The summed E-state index contributed by atoms with van der Waals surface area (Å²) in [6.07, 6.45) is 3.40. The van der Waals surface area contributed by atoms with Crippen molar-refractivity contribution in [3.05, 3.63) is 36.2 Å². The molecule has 0 aliphatic carbocycles. The van der Waals surface area contributed by atoms with E-state index in [1.54, 1.807) is 24.2 Å². The molecule has 0 radical (unpaired) electrons. The zero-order chi connectivity index (χ0) is 10.7. The minimum atomic E-state index is 0.402. The lowest BCUT2D eigenvalue weighted by Crippen LogP contribution is -2.07. The Kier molecular flexibility index (Phi) is 2.64. The molecule has 0 aliphatic rings. The van der Waals surface area contributed by atoms with Crippen LogP contribution >= 0.6 is 0 Å². The van der Waals surface area contributed by atoms with E-state index in [1.165, 1.54) is 0 Å². The van der Waals surface area contributed by atoms with Gasteiger partial charge in [-0.3, -0.25) is 0 Å². The fourth-order valence-corrected chi connectivity index (χ4v) is 1.50. The molecule has 0 unspecified atom stereocenters.